The minimum Gasteiger partial charge on any atom is -0.854 e. The first-order chi connectivity index (χ1) is 6.81. The van der Waals surface area contributed by atoms with Crippen molar-refractivity contribution in [3.63, 3.8) is 0 Å². The van der Waals surface area contributed by atoms with Crippen LogP contribution in [0.5, 0.6) is 0 Å². The van der Waals surface area contributed by atoms with E-state index in [1.165, 1.54) is 0 Å². The number of hydrogen-bond acceptors (Lipinski definition) is 3. The summed E-state index contributed by atoms with van der Waals surface area (Å²) >= 11 is 0. The Labute approximate surface area is 116 Å². The number of hydrogen-bond donors (Lipinski definition) is 0. The molecule has 97 valence electrons. The SMILES string of the molecule is CC(C)C[O-].CC(C)C[O-].CC(C)C[O-].[Ti+3]. The molecule has 0 heterocycles. The maximum Gasteiger partial charge on any atom is 3.00 e. The van der Waals surface area contributed by atoms with Crippen molar-refractivity contribution >= 4 is 0 Å². The van der Waals surface area contributed by atoms with Crippen molar-refractivity contribution in [2.24, 2.45) is 17.8 Å². The molecule has 0 rings (SSSR count). The minimum absolute atomic E-state index is 0. The van der Waals surface area contributed by atoms with Crippen LogP contribution in [-0.2, 0) is 21.7 Å². The van der Waals surface area contributed by atoms with Crippen LogP contribution >= 0.6 is 0 Å². The van der Waals surface area contributed by atoms with Crippen molar-refractivity contribution in [1.29, 1.82) is 0 Å². The molecular formula is C12H27O3Ti. The van der Waals surface area contributed by atoms with Gasteiger partial charge in [-0.25, -0.2) is 0 Å². The maximum absolute atomic E-state index is 9.63. The van der Waals surface area contributed by atoms with Gasteiger partial charge < -0.3 is 15.3 Å². The van der Waals surface area contributed by atoms with E-state index in [-0.39, 0.29) is 41.5 Å². The van der Waals surface area contributed by atoms with E-state index in [4.69, 9.17) is 0 Å². The largest absolute Gasteiger partial charge is 3.00 e. The normalized spacial score (nSPS) is 9.00. The third-order valence-electron chi connectivity index (χ3n) is 1.00. The summed E-state index contributed by atoms with van der Waals surface area (Å²) in [6.07, 6.45) is 0. The van der Waals surface area contributed by atoms with Crippen molar-refractivity contribution < 1.29 is 37.0 Å². The molecule has 0 atom stereocenters. The molecule has 0 fully saturated rings. The Morgan fingerprint density at radius 2 is 0.625 bits per heavy atom. The van der Waals surface area contributed by atoms with Gasteiger partial charge in [-0.1, -0.05) is 59.3 Å². The van der Waals surface area contributed by atoms with Crippen LogP contribution < -0.4 is 15.3 Å². The van der Waals surface area contributed by atoms with Crippen molar-refractivity contribution in [2.75, 3.05) is 19.8 Å². The molecule has 0 aliphatic carbocycles. The first kappa shape index (κ1) is 25.4. The smallest absolute Gasteiger partial charge is 0.854 e. The van der Waals surface area contributed by atoms with Gasteiger partial charge in [0.2, 0.25) is 0 Å². The fraction of sp³-hybridized carbons (Fsp3) is 1.00. The molecule has 0 N–H and O–H groups in total. The summed E-state index contributed by atoms with van der Waals surface area (Å²) in [6.45, 7) is 11.6. The van der Waals surface area contributed by atoms with Crippen molar-refractivity contribution in [3.05, 3.63) is 0 Å². The molecule has 0 aromatic carbocycles. The Balaban J connectivity index is -0.0000000655. The summed E-state index contributed by atoms with van der Waals surface area (Å²) in [6, 6.07) is 0. The fourth-order valence-corrected chi connectivity index (χ4v) is 0. The fourth-order valence-electron chi connectivity index (χ4n) is 0. The summed E-state index contributed by atoms with van der Waals surface area (Å²) in [7, 11) is 0. The molecule has 1 radical (unpaired) electrons. The summed E-state index contributed by atoms with van der Waals surface area (Å²) in [5.41, 5.74) is 0. The number of rotatable bonds is 3. The predicted molar refractivity (Wildman–Crippen MR) is 59.1 cm³/mol. The summed E-state index contributed by atoms with van der Waals surface area (Å²) in [4.78, 5) is 0. The topological polar surface area (TPSA) is 69.2 Å². The molecule has 0 saturated carbocycles. The van der Waals surface area contributed by atoms with E-state index in [0.29, 0.717) is 17.8 Å². The van der Waals surface area contributed by atoms with Gasteiger partial charge in [0.05, 0.1) is 0 Å². The average molecular weight is 267 g/mol. The Hall–Kier alpha value is 0.594. The Kier molecular flexibility index (Phi) is 33.3. The molecule has 0 amide bonds. The molecule has 0 aromatic rings. The monoisotopic (exact) mass is 267 g/mol. The van der Waals surface area contributed by atoms with Crippen LogP contribution in [-0.4, -0.2) is 19.8 Å². The zero-order valence-electron chi connectivity index (χ0n) is 11.6. The van der Waals surface area contributed by atoms with Crippen molar-refractivity contribution in [1.82, 2.24) is 0 Å². The van der Waals surface area contributed by atoms with Gasteiger partial charge in [-0.15, -0.1) is 19.8 Å². The molecule has 0 aliphatic heterocycles. The first-order valence-electron chi connectivity index (χ1n) is 5.55. The van der Waals surface area contributed by atoms with Crippen LogP contribution in [0.25, 0.3) is 0 Å². The molecular weight excluding hydrogens is 240 g/mol. The van der Waals surface area contributed by atoms with Crippen LogP contribution in [0.2, 0.25) is 0 Å². The van der Waals surface area contributed by atoms with Gasteiger partial charge >= 0.3 is 21.7 Å². The van der Waals surface area contributed by atoms with Crippen LogP contribution in [0.15, 0.2) is 0 Å². The van der Waals surface area contributed by atoms with Crippen molar-refractivity contribution in [3.8, 4) is 0 Å². The predicted octanol–water partition coefficient (Wildman–Crippen LogP) is 0.00560. The molecule has 0 bridgehead atoms. The van der Waals surface area contributed by atoms with Gasteiger partial charge in [0.15, 0.2) is 0 Å². The van der Waals surface area contributed by atoms with E-state index in [9.17, 15) is 15.3 Å². The molecule has 3 nitrogen and oxygen atoms in total. The third kappa shape index (κ3) is 62.0. The molecule has 16 heavy (non-hydrogen) atoms. The van der Waals surface area contributed by atoms with Crippen molar-refractivity contribution in [2.45, 2.75) is 41.5 Å². The van der Waals surface area contributed by atoms with Crippen LogP contribution in [0, 0.1) is 17.8 Å². The minimum atomic E-state index is 0. The summed E-state index contributed by atoms with van der Waals surface area (Å²) in [5.74, 6) is 0.986. The summed E-state index contributed by atoms with van der Waals surface area (Å²) in [5, 5.41) is 28.9. The first-order valence-corrected chi connectivity index (χ1v) is 5.55. The molecule has 4 heteroatoms. The average Bonchev–Trinajstić information content (AvgIpc) is 2.19. The van der Waals surface area contributed by atoms with Crippen LogP contribution in [0.1, 0.15) is 41.5 Å². The molecule has 0 aliphatic rings. The zero-order chi connectivity index (χ0) is 12.9. The van der Waals surface area contributed by atoms with Gasteiger partial charge in [0.1, 0.15) is 0 Å². The van der Waals surface area contributed by atoms with Gasteiger partial charge in [-0.05, 0) is 0 Å². The zero-order valence-corrected chi connectivity index (χ0v) is 13.1. The Morgan fingerprint density at radius 3 is 0.625 bits per heavy atom. The van der Waals surface area contributed by atoms with Gasteiger partial charge in [0, 0.05) is 0 Å². The maximum atomic E-state index is 9.63. The van der Waals surface area contributed by atoms with Crippen LogP contribution in [0.4, 0.5) is 0 Å². The summed E-state index contributed by atoms with van der Waals surface area (Å²) < 4.78 is 0. The quantitative estimate of drug-likeness (QED) is 0.676. The van der Waals surface area contributed by atoms with E-state index >= 15 is 0 Å². The molecule has 0 saturated heterocycles. The second kappa shape index (κ2) is 20.9. The van der Waals surface area contributed by atoms with E-state index in [0.717, 1.165) is 0 Å². The standard InChI is InChI=1S/3C4H9O.Ti/c3*1-4(2)3-5;/h3*4H,3H2,1-2H3;/q3*-1;+3. The van der Waals surface area contributed by atoms with Gasteiger partial charge in [0.25, 0.3) is 0 Å². The van der Waals surface area contributed by atoms with E-state index in [1.807, 2.05) is 41.5 Å². The second-order valence-electron chi connectivity index (χ2n) is 4.68. The van der Waals surface area contributed by atoms with Crippen LogP contribution in [0.3, 0.4) is 0 Å². The van der Waals surface area contributed by atoms with E-state index in [1.54, 1.807) is 0 Å². The molecule has 0 aromatic heterocycles. The molecule has 0 spiro atoms. The molecule has 0 unspecified atom stereocenters. The van der Waals surface area contributed by atoms with Gasteiger partial charge in [-0.3, -0.25) is 0 Å². The Bertz CT molecular complexity index is 77.2. The third-order valence-corrected chi connectivity index (χ3v) is 1.00. The van der Waals surface area contributed by atoms with Gasteiger partial charge in [-0.2, -0.15) is 0 Å². The second-order valence-corrected chi connectivity index (χ2v) is 4.68. The van der Waals surface area contributed by atoms with E-state index in [2.05, 4.69) is 0 Å². The Morgan fingerprint density at radius 1 is 0.562 bits per heavy atom. The van der Waals surface area contributed by atoms with E-state index < -0.39 is 0 Å².